The number of carbonyl (C=O) groups excluding carboxylic acids is 1. The molecule has 0 fully saturated rings. The van der Waals surface area contributed by atoms with Crippen molar-refractivity contribution < 1.29 is 14.6 Å². The number of aromatic hydroxyl groups is 1. The van der Waals surface area contributed by atoms with E-state index in [1.165, 1.54) is 18.5 Å². The van der Waals surface area contributed by atoms with Crippen LogP contribution in [-0.2, 0) is 4.74 Å². The van der Waals surface area contributed by atoms with E-state index in [0.29, 0.717) is 18.7 Å². The lowest BCUT2D eigenvalue weighted by atomic mass is 10.2. The van der Waals surface area contributed by atoms with Crippen LogP contribution < -0.4 is 5.32 Å². The third-order valence-electron chi connectivity index (χ3n) is 2.44. The molecule has 1 amide bonds. The minimum Gasteiger partial charge on any atom is -0.506 e. The number of ether oxygens (including phenoxy) is 1. The number of carbonyl (C=O) groups is 1. The number of nitrogens with one attached hydrogen (secondary N) is 1. The highest BCUT2D eigenvalue weighted by Crippen LogP contribution is 2.07. The van der Waals surface area contributed by atoms with E-state index in [1.54, 1.807) is 7.11 Å². The summed E-state index contributed by atoms with van der Waals surface area (Å²) in [6.45, 7) is 2.76. The molecule has 100 valence electrons. The van der Waals surface area contributed by atoms with Crippen LogP contribution in [0.3, 0.4) is 0 Å². The number of hydrogen-bond donors (Lipinski definition) is 2. The number of methoxy groups -OCH3 is 1. The zero-order valence-electron chi connectivity index (χ0n) is 10.7. The van der Waals surface area contributed by atoms with Gasteiger partial charge in [-0.2, -0.15) is 0 Å². The lowest BCUT2D eigenvalue weighted by Gasteiger charge is -2.16. The third kappa shape index (κ3) is 5.11. The summed E-state index contributed by atoms with van der Waals surface area (Å²) in [5.74, 6) is -0.251. The standard InChI is InChI=1S/C12H19N3O3/c1-15(5-6-18-2)4-3-14-12(17)10-7-11(16)9-13-8-10/h7-9,16H,3-6H2,1-2H3,(H,14,17). The van der Waals surface area contributed by atoms with Gasteiger partial charge in [-0.15, -0.1) is 0 Å². The van der Waals surface area contributed by atoms with Crippen LogP contribution in [0.1, 0.15) is 10.4 Å². The molecular formula is C12H19N3O3. The molecule has 0 saturated heterocycles. The molecule has 0 saturated carbocycles. The summed E-state index contributed by atoms with van der Waals surface area (Å²) < 4.78 is 4.96. The Labute approximate surface area is 107 Å². The third-order valence-corrected chi connectivity index (χ3v) is 2.44. The minimum absolute atomic E-state index is 0.0140. The van der Waals surface area contributed by atoms with Crippen LogP contribution >= 0.6 is 0 Å². The number of likely N-dealkylation sites (N-methyl/N-ethyl adjacent to an activating group) is 1. The molecule has 0 aliphatic rings. The van der Waals surface area contributed by atoms with Gasteiger partial charge < -0.3 is 20.1 Å². The Hall–Kier alpha value is -1.66. The average Bonchev–Trinajstić information content (AvgIpc) is 2.36. The van der Waals surface area contributed by atoms with Gasteiger partial charge in [-0.1, -0.05) is 0 Å². The van der Waals surface area contributed by atoms with Crippen LogP contribution in [0.4, 0.5) is 0 Å². The van der Waals surface area contributed by atoms with Crippen molar-refractivity contribution >= 4 is 5.91 Å². The summed E-state index contributed by atoms with van der Waals surface area (Å²) in [6.07, 6.45) is 2.71. The second-order valence-electron chi connectivity index (χ2n) is 3.98. The first kappa shape index (κ1) is 14.4. The molecule has 1 heterocycles. The molecule has 0 radical (unpaired) electrons. The van der Waals surface area contributed by atoms with Gasteiger partial charge in [-0.3, -0.25) is 9.78 Å². The number of hydrogen-bond acceptors (Lipinski definition) is 5. The highest BCUT2D eigenvalue weighted by Gasteiger charge is 2.06. The molecule has 6 nitrogen and oxygen atoms in total. The fraction of sp³-hybridized carbons (Fsp3) is 0.500. The van der Waals surface area contributed by atoms with Crippen molar-refractivity contribution in [1.29, 1.82) is 0 Å². The Bertz CT molecular complexity index is 385. The maximum atomic E-state index is 11.7. The van der Waals surface area contributed by atoms with Gasteiger partial charge in [0.25, 0.3) is 5.91 Å². The van der Waals surface area contributed by atoms with Gasteiger partial charge in [0.2, 0.25) is 0 Å². The Morgan fingerprint density at radius 2 is 2.28 bits per heavy atom. The minimum atomic E-state index is -0.237. The summed E-state index contributed by atoms with van der Waals surface area (Å²) in [5, 5.41) is 12.0. The molecular weight excluding hydrogens is 234 g/mol. The van der Waals surface area contributed by atoms with Crippen molar-refractivity contribution in [3.63, 3.8) is 0 Å². The van der Waals surface area contributed by atoms with Gasteiger partial charge >= 0.3 is 0 Å². The van der Waals surface area contributed by atoms with Crippen molar-refractivity contribution in [2.45, 2.75) is 0 Å². The SMILES string of the molecule is COCCN(C)CCNC(=O)c1cncc(O)c1. The van der Waals surface area contributed by atoms with Crippen LogP contribution in [0, 0.1) is 0 Å². The molecule has 2 N–H and O–H groups in total. The normalized spacial score (nSPS) is 10.6. The maximum absolute atomic E-state index is 11.7. The van der Waals surface area contributed by atoms with Crippen LogP contribution in [-0.4, -0.2) is 61.3 Å². The van der Waals surface area contributed by atoms with E-state index in [2.05, 4.69) is 15.2 Å². The van der Waals surface area contributed by atoms with Crippen LogP contribution in [0.25, 0.3) is 0 Å². The average molecular weight is 253 g/mol. The molecule has 0 bridgehead atoms. The fourth-order valence-corrected chi connectivity index (χ4v) is 1.37. The maximum Gasteiger partial charge on any atom is 0.253 e. The van der Waals surface area contributed by atoms with Crippen LogP contribution in [0.2, 0.25) is 0 Å². The first-order valence-corrected chi connectivity index (χ1v) is 5.73. The Morgan fingerprint density at radius 1 is 1.50 bits per heavy atom. The van der Waals surface area contributed by atoms with E-state index in [9.17, 15) is 9.90 Å². The van der Waals surface area contributed by atoms with Gasteiger partial charge in [0, 0.05) is 32.9 Å². The second-order valence-corrected chi connectivity index (χ2v) is 3.98. The first-order chi connectivity index (χ1) is 8.63. The molecule has 6 heteroatoms. The van der Waals surface area contributed by atoms with Crippen molar-refractivity contribution in [2.75, 3.05) is 40.4 Å². The zero-order chi connectivity index (χ0) is 13.4. The van der Waals surface area contributed by atoms with Crippen LogP contribution in [0.15, 0.2) is 18.5 Å². The molecule has 1 aromatic heterocycles. The van der Waals surface area contributed by atoms with E-state index in [0.717, 1.165) is 13.1 Å². The Kier molecular flexibility index (Phi) is 6.10. The molecule has 1 aromatic rings. The van der Waals surface area contributed by atoms with Gasteiger partial charge in [0.15, 0.2) is 0 Å². The largest absolute Gasteiger partial charge is 0.506 e. The summed E-state index contributed by atoms with van der Waals surface area (Å²) >= 11 is 0. The Balaban J connectivity index is 2.29. The summed E-state index contributed by atoms with van der Waals surface area (Å²) in [4.78, 5) is 17.5. The van der Waals surface area contributed by atoms with Crippen LogP contribution in [0.5, 0.6) is 5.75 Å². The molecule has 0 atom stereocenters. The zero-order valence-corrected chi connectivity index (χ0v) is 10.7. The predicted molar refractivity (Wildman–Crippen MR) is 67.6 cm³/mol. The van der Waals surface area contributed by atoms with Gasteiger partial charge in [-0.05, 0) is 13.1 Å². The van der Waals surface area contributed by atoms with Gasteiger partial charge in [-0.25, -0.2) is 0 Å². The molecule has 1 rings (SSSR count). The lowest BCUT2D eigenvalue weighted by molar-refractivity contribution is 0.0946. The van der Waals surface area contributed by atoms with Gasteiger partial charge in [0.1, 0.15) is 5.75 Å². The first-order valence-electron chi connectivity index (χ1n) is 5.73. The molecule has 0 aromatic carbocycles. The fourth-order valence-electron chi connectivity index (χ4n) is 1.37. The number of rotatable bonds is 7. The molecule has 0 aliphatic carbocycles. The quantitative estimate of drug-likeness (QED) is 0.720. The molecule has 0 aliphatic heterocycles. The lowest BCUT2D eigenvalue weighted by Crippen LogP contribution is -2.34. The van der Waals surface area contributed by atoms with Crippen molar-refractivity contribution in [3.8, 4) is 5.75 Å². The smallest absolute Gasteiger partial charge is 0.253 e. The number of nitrogens with zero attached hydrogens (tertiary/aromatic N) is 2. The topological polar surface area (TPSA) is 74.7 Å². The number of amides is 1. The summed E-state index contributed by atoms with van der Waals surface area (Å²) in [5.41, 5.74) is 0.356. The number of aromatic nitrogens is 1. The van der Waals surface area contributed by atoms with E-state index in [-0.39, 0.29) is 11.7 Å². The second kappa shape index (κ2) is 7.62. The van der Waals surface area contributed by atoms with E-state index >= 15 is 0 Å². The monoisotopic (exact) mass is 253 g/mol. The van der Waals surface area contributed by atoms with Gasteiger partial charge in [0.05, 0.1) is 18.4 Å². The predicted octanol–water partition coefficient (Wildman–Crippen LogP) is 0.0952. The van der Waals surface area contributed by atoms with E-state index < -0.39 is 0 Å². The number of pyridine rings is 1. The Morgan fingerprint density at radius 3 is 2.94 bits per heavy atom. The highest BCUT2D eigenvalue weighted by molar-refractivity contribution is 5.94. The van der Waals surface area contributed by atoms with E-state index in [1.807, 2.05) is 7.05 Å². The summed E-state index contributed by atoms with van der Waals surface area (Å²) in [6, 6.07) is 1.39. The molecule has 18 heavy (non-hydrogen) atoms. The van der Waals surface area contributed by atoms with Crippen molar-refractivity contribution in [3.05, 3.63) is 24.0 Å². The molecule has 0 spiro atoms. The highest BCUT2D eigenvalue weighted by atomic mass is 16.5. The summed E-state index contributed by atoms with van der Waals surface area (Å²) in [7, 11) is 3.62. The van der Waals surface area contributed by atoms with E-state index in [4.69, 9.17) is 4.74 Å². The van der Waals surface area contributed by atoms with Crippen molar-refractivity contribution in [1.82, 2.24) is 15.2 Å². The molecule has 0 unspecified atom stereocenters. The van der Waals surface area contributed by atoms with Crippen molar-refractivity contribution in [2.24, 2.45) is 0 Å².